The molecule has 1 saturated carbocycles. The molecule has 1 aromatic carbocycles. The summed E-state index contributed by atoms with van der Waals surface area (Å²) in [6.07, 6.45) is 2.00. The highest BCUT2D eigenvalue weighted by Gasteiger charge is 2.33. The van der Waals surface area contributed by atoms with E-state index in [1.807, 2.05) is 0 Å². The molecule has 0 aliphatic heterocycles. The maximum atomic E-state index is 13.4. The van der Waals surface area contributed by atoms with Gasteiger partial charge in [-0.1, -0.05) is 6.07 Å². The van der Waals surface area contributed by atoms with Crippen molar-refractivity contribution in [2.75, 3.05) is 4.72 Å². The molecule has 0 bridgehead atoms. The van der Waals surface area contributed by atoms with Crippen molar-refractivity contribution in [2.24, 2.45) is 0 Å². The second kappa shape index (κ2) is 5.94. The Labute approximate surface area is 149 Å². The van der Waals surface area contributed by atoms with Crippen LogP contribution in [0, 0.1) is 19.7 Å². The van der Waals surface area contributed by atoms with E-state index in [2.05, 4.69) is 19.9 Å². The summed E-state index contributed by atoms with van der Waals surface area (Å²) in [7, 11) is -3.99. The Morgan fingerprint density at radius 1 is 1.23 bits per heavy atom. The van der Waals surface area contributed by atoms with Crippen LogP contribution < -0.4 is 4.72 Å². The quantitative estimate of drug-likeness (QED) is 0.710. The molecule has 0 unspecified atom stereocenters. The minimum absolute atomic E-state index is 0.0188. The largest absolute Gasteiger partial charge is 0.420 e. The van der Waals surface area contributed by atoms with Crippen LogP contribution >= 0.6 is 0 Å². The third-order valence-corrected chi connectivity index (χ3v) is 5.80. The topological polar surface area (TPSA) is 101 Å². The molecule has 1 aliphatic rings. The Bertz CT molecular complexity index is 1080. The van der Waals surface area contributed by atoms with Gasteiger partial charge in [-0.05, 0) is 44.9 Å². The number of benzene rings is 1. The van der Waals surface area contributed by atoms with Gasteiger partial charge in [0.2, 0.25) is 5.89 Å². The highest BCUT2D eigenvalue weighted by Crippen LogP contribution is 2.41. The lowest BCUT2D eigenvalue weighted by Gasteiger charge is -2.09. The molecule has 2 aromatic heterocycles. The fourth-order valence-electron chi connectivity index (χ4n) is 2.94. The number of aromatic amines is 1. The molecule has 1 aliphatic carbocycles. The number of aromatic nitrogens is 3. The van der Waals surface area contributed by atoms with Gasteiger partial charge in [-0.25, -0.2) is 12.8 Å². The molecule has 26 heavy (non-hydrogen) atoms. The number of nitrogens with one attached hydrogen (secondary N) is 2. The fraction of sp³-hybridized carbons (Fsp3) is 0.294. The Balaban J connectivity index is 1.77. The van der Waals surface area contributed by atoms with Gasteiger partial charge in [0, 0.05) is 17.3 Å². The lowest BCUT2D eigenvalue weighted by Crippen LogP contribution is -2.14. The molecular weight excluding hydrogens is 359 g/mol. The summed E-state index contributed by atoms with van der Waals surface area (Å²) in [4.78, 5) is 3.03. The first-order valence-corrected chi connectivity index (χ1v) is 9.65. The number of sulfonamides is 1. The maximum Gasteiger partial charge on any atom is 0.264 e. The summed E-state index contributed by atoms with van der Waals surface area (Å²) in [5, 5.41) is 8.06. The fourth-order valence-corrected chi connectivity index (χ4v) is 4.44. The number of hydrogen-bond donors (Lipinski definition) is 2. The monoisotopic (exact) mass is 376 g/mol. The molecule has 1 fully saturated rings. The summed E-state index contributed by atoms with van der Waals surface area (Å²) in [6, 6.07) is 5.27. The van der Waals surface area contributed by atoms with Crippen molar-refractivity contribution in [1.29, 1.82) is 0 Å². The van der Waals surface area contributed by atoms with Gasteiger partial charge >= 0.3 is 0 Å². The highest BCUT2D eigenvalue weighted by atomic mass is 32.2. The number of halogens is 1. The maximum absolute atomic E-state index is 13.4. The van der Waals surface area contributed by atoms with Crippen LogP contribution in [-0.2, 0) is 10.0 Å². The van der Waals surface area contributed by atoms with E-state index in [0.717, 1.165) is 18.9 Å². The lowest BCUT2D eigenvalue weighted by molar-refractivity contribution is 0.507. The summed E-state index contributed by atoms with van der Waals surface area (Å²) in [5.74, 6) is 0.425. The Hall–Kier alpha value is -2.68. The summed E-state index contributed by atoms with van der Waals surface area (Å²) >= 11 is 0. The van der Waals surface area contributed by atoms with Crippen molar-refractivity contribution in [2.45, 2.75) is 37.5 Å². The SMILES string of the molecule is Cc1[nH]c(C)c(S(=O)(=O)Nc2cccc(F)c2)c1-c1nnc(C2CC2)o1. The van der Waals surface area contributed by atoms with E-state index < -0.39 is 15.8 Å². The number of H-pyrrole nitrogens is 1. The van der Waals surface area contributed by atoms with E-state index in [9.17, 15) is 12.8 Å². The lowest BCUT2D eigenvalue weighted by atomic mass is 10.2. The predicted octanol–water partition coefficient (Wildman–Crippen LogP) is 3.50. The van der Waals surface area contributed by atoms with Gasteiger partial charge in [0.25, 0.3) is 15.9 Å². The highest BCUT2D eigenvalue weighted by molar-refractivity contribution is 7.93. The molecule has 2 N–H and O–H groups in total. The van der Waals surface area contributed by atoms with Crippen LogP contribution in [0.25, 0.3) is 11.5 Å². The smallest absolute Gasteiger partial charge is 0.264 e. The molecule has 0 spiro atoms. The Morgan fingerprint density at radius 2 is 2.00 bits per heavy atom. The van der Waals surface area contributed by atoms with Crippen molar-refractivity contribution >= 4 is 15.7 Å². The number of anilines is 1. The van der Waals surface area contributed by atoms with E-state index >= 15 is 0 Å². The van der Waals surface area contributed by atoms with Crippen LogP contribution in [0.1, 0.15) is 36.0 Å². The number of nitrogens with zero attached hydrogens (tertiary/aromatic N) is 2. The Morgan fingerprint density at radius 3 is 2.69 bits per heavy atom. The predicted molar refractivity (Wildman–Crippen MR) is 92.7 cm³/mol. The molecule has 0 amide bonds. The van der Waals surface area contributed by atoms with Crippen molar-refractivity contribution in [3.63, 3.8) is 0 Å². The second-order valence-electron chi connectivity index (χ2n) is 6.41. The molecule has 0 saturated heterocycles. The number of hydrogen-bond acceptors (Lipinski definition) is 5. The van der Waals surface area contributed by atoms with Gasteiger partial charge < -0.3 is 9.40 Å². The normalized spacial score (nSPS) is 14.6. The zero-order chi connectivity index (χ0) is 18.5. The van der Waals surface area contributed by atoms with Crippen LogP contribution in [0.5, 0.6) is 0 Å². The molecule has 4 rings (SSSR count). The molecule has 0 radical (unpaired) electrons. The van der Waals surface area contributed by atoms with Crippen LogP contribution in [0.3, 0.4) is 0 Å². The van der Waals surface area contributed by atoms with E-state index in [-0.39, 0.29) is 22.4 Å². The average Bonchev–Trinajstić information content (AvgIpc) is 3.20. The van der Waals surface area contributed by atoms with E-state index in [0.29, 0.717) is 22.8 Å². The molecular formula is C17H17FN4O3S. The van der Waals surface area contributed by atoms with Gasteiger partial charge in [-0.3, -0.25) is 4.72 Å². The standard InChI is InChI=1S/C17H17FN4O3S/c1-9-14(17-21-20-16(25-17)11-6-7-11)15(10(2)19-9)26(23,24)22-13-5-3-4-12(18)8-13/h3-5,8,11,19,22H,6-7H2,1-2H3. The van der Waals surface area contributed by atoms with Crippen LogP contribution in [0.2, 0.25) is 0 Å². The van der Waals surface area contributed by atoms with Gasteiger partial charge in [0.05, 0.1) is 11.3 Å². The second-order valence-corrected chi connectivity index (χ2v) is 8.03. The molecule has 136 valence electrons. The summed E-state index contributed by atoms with van der Waals surface area (Å²) < 4.78 is 47.4. The zero-order valence-electron chi connectivity index (χ0n) is 14.2. The van der Waals surface area contributed by atoms with Crippen molar-refractivity contribution in [3.05, 3.63) is 47.4 Å². The van der Waals surface area contributed by atoms with Crippen molar-refractivity contribution in [1.82, 2.24) is 15.2 Å². The van der Waals surface area contributed by atoms with Crippen LogP contribution in [0.4, 0.5) is 10.1 Å². The first-order chi connectivity index (χ1) is 12.3. The van der Waals surface area contributed by atoms with Crippen LogP contribution in [-0.4, -0.2) is 23.6 Å². The van der Waals surface area contributed by atoms with E-state index in [1.54, 1.807) is 13.8 Å². The van der Waals surface area contributed by atoms with Crippen molar-refractivity contribution in [3.8, 4) is 11.5 Å². The zero-order valence-corrected chi connectivity index (χ0v) is 15.0. The number of rotatable bonds is 5. The van der Waals surface area contributed by atoms with Gasteiger partial charge in [0.1, 0.15) is 10.7 Å². The third kappa shape index (κ3) is 2.98. The van der Waals surface area contributed by atoms with Gasteiger partial charge in [-0.15, -0.1) is 10.2 Å². The minimum atomic E-state index is -3.99. The summed E-state index contributed by atoms with van der Waals surface area (Å²) in [6.45, 7) is 3.39. The van der Waals surface area contributed by atoms with Gasteiger partial charge in [0.15, 0.2) is 0 Å². The molecule has 0 atom stereocenters. The van der Waals surface area contributed by atoms with Crippen molar-refractivity contribution < 1.29 is 17.2 Å². The number of aryl methyl sites for hydroxylation is 2. The Kier molecular flexibility index (Phi) is 3.83. The first-order valence-electron chi connectivity index (χ1n) is 8.16. The van der Waals surface area contributed by atoms with E-state index in [4.69, 9.17) is 4.42 Å². The average molecular weight is 376 g/mol. The molecule has 3 aromatic rings. The first kappa shape index (κ1) is 16.8. The summed E-state index contributed by atoms with van der Waals surface area (Å²) in [5.41, 5.74) is 1.52. The van der Waals surface area contributed by atoms with E-state index in [1.165, 1.54) is 18.2 Å². The van der Waals surface area contributed by atoms with Gasteiger partial charge in [-0.2, -0.15) is 0 Å². The molecule has 9 heteroatoms. The third-order valence-electron chi connectivity index (χ3n) is 4.24. The molecule has 7 nitrogen and oxygen atoms in total. The minimum Gasteiger partial charge on any atom is -0.420 e. The van der Waals surface area contributed by atoms with Crippen LogP contribution in [0.15, 0.2) is 33.6 Å². The molecule has 2 heterocycles.